The van der Waals surface area contributed by atoms with E-state index in [4.69, 9.17) is 0 Å². The third-order valence-corrected chi connectivity index (χ3v) is 6.49. The van der Waals surface area contributed by atoms with Gasteiger partial charge in [-0.05, 0) is 50.1 Å². The topological polar surface area (TPSA) is 74.8 Å². The van der Waals surface area contributed by atoms with Crippen LogP contribution in [0.5, 0.6) is 0 Å². The normalized spacial score (nSPS) is 11.6. The van der Waals surface area contributed by atoms with Gasteiger partial charge in [0.2, 0.25) is 0 Å². The Bertz CT molecular complexity index is 919. The van der Waals surface area contributed by atoms with E-state index in [-0.39, 0.29) is 4.21 Å². The van der Waals surface area contributed by atoms with Gasteiger partial charge >= 0.3 is 0 Å². The molecule has 120 valence electrons. The summed E-state index contributed by atoms with van der Waals surface area (Å²) in [5, 5.41) is 6.72. The van der Waals surface area contributed by atoms with Crippen molar-refractivity contribution in [3.63, 3.8) is 0 Å². The number of nitrogens with zero attached hydrogens (tertiary/aromatic N) is 1. The van der Waals surface area contributed by atoms with Crippen molar-refractivity contribution in [2.45, 2.75) is 25.0 Å². The molecule has 2 aromatic heterocycles. The van der Waals surface area contributed by atoms with Gasteiger partial charge < -0.3 is 0 Å². The first kappa shape index (κ1) is 15.8. The van der Waals surface area contributed by atoms with E-state index < -0.39 is 10.0 Å². The van der Waals surface area contributed by atoms with Crippen molar-refractivity contribution >= 4 is 27.0 Å². The van der Waals surface area contributed by atoms with E-state index in [1.807, 2.05) is 39.0 Å². The second-order valence-electron chi connectivity index (χ2n) is 5.47. The van der Waals surface area contributed by atoms with Crippen LogP contribution in [0, 0.1) is 20.8 Å². The zero-order chi connectivity index (χ0) is 16.6. The van der Waals surface area contributed by atoms with E-state index in [1.54, 1.807) is 18.3 Å². The Morgan fingerprint density at radius 1 is 1.09 bits per heavy atom. The van der Waals surface area contributed by atoms with Gasteiger partial charge in [0, 0.05) is 6.20 Å². The summed E-state index contributed by atoms with van der Waals surface area (Å²) in [4.78, 5) is 0.834. The molecular weight excluding hydrogens is 330 g/mol. The molecule has 0 saturated heterocycles. The van der Waals surface area contributed by atoms with E-state index >= 15 is 0 Å². The molecule has 3 aromatic rings. The zero-order valence-corrected chi connectivity index (χ0v) is 14.7. The molecule has 0 aliphatic heterocycles. The van der Waals surface area contributed by atoms with Crippen molar-refractivity contribution in [2.24, 2.45) is 0 Å². The maximum Gasteiger partial charge on any atom is 0.271 e. The minimum atomic E-state index is -3.61. The Balaban J connectivity index is 1.94. The molecule has 0 saturated carbocycles. The van der Waals surface area contributed by atoms with E-state index in [1.165, 1.54) is 11.3 Å². The molecule has 3 rings (SSSR count). The van der Waals surface area contributed by atoms with Gasteiger partial charge in [0.15, 0.2) is 0 Å². The number of benzene rings is 1. The van der Waals surface area contributed by atoms with Crippen molar-refractivity contribution < 1.29 is 8.42 Å². The van der Waals surface area contributed by atoms with Crippen LogP contribution in [0.4, 0.5) is 5.69 Å². The molecule has 0 bridgehead atoms. The number of aromatic amines is 1. The standard InChI is InChI=1S/C16H17N3O2S2/c1-10-8-11(2)16(12(3)9-10)19-23(20,21)15-5-4-14(22-15)13-6-7-17-18-13/h4-9,19H,1-3H3,(H,17,18). The van der Waals surface area contributed by atoms with Crippen LogP contribution in [0.3, 0.4) is 0 Å². The van der Waals surface area contributed by atoms with Crippen LogP contribution in [0.1, 0.15) is 16.7 Å². The van der Waals surface area contributed by atoms with E-state index in [0.717, 1.165) is 27.3 Å². The minimum Gasteiger partial charge on any atom is -0.278 e. The van der Waals surface area contributed by atoms with E-state index in [2.05, 4.69) is 14.9 Å². The molecule has 2 N–H and O–H groups in total. The Hall–Kier alpha value is -2.12. The van der Waals surface area contributed by atoms with E-state index in [0.29, 0.717) is 5.69 Å². The molecule has 0 atom stereocenters. The number of aryl methyl sites for hydroxylation is 3. The van der Waals surface area contributed by atoms with Crippen LogP contribution in [-0.4, -0.2) is 18.6 Å². The summed E-state index contributed by atoms with van der Waals surface area (Å²) in [6.07, 6.45) is 1.64. The zero-order valence-electron chi connectivity index (χ0n) is 13.0. The summed E-state index contributed by atoms with van der Waals surface area (Å²) in [5.74, 6) is 0. The largest absolute Gasteiger partial charge is 0.278 e. The number of anilines is 1. The SMILES string of the molecule is Cc1cc(C)c(NS(=O)(=O)c2ccc(-c3ccn[nH]3)s2)c(C)c1. The van der Waals surface area contributed by atoms with Gasteiger partial charge in [0.05, 0.1) is 16.3 Å². The third kappa shape index (κ3) is 3.16. The first-order valence-corrected chi connectivity index (χ1v) is 9.37. The maximum atomic E-state index is 12.6. The van der Waals surface area contributed by atoms with Gasteiger partial charge in [-0.15, -0.1) is 11.3 Å². The predicted octanol–water partition coefficient (Wildman–Crippen LogP) is 3.86. The molecule has 0 unspecified atom stereocenters. The van der Waals surface area contributed by atoms with Crippen molar-refractivity contribution in [1.82, 2.24) is 10.2 Å². The van der Waals surface area contributed by atoms with Crippen LogP contribution >= 0.6 is 11.3 Å². The summed E-state index contributed by atoms with van der Waals surface area (Å²) >= 11 is 1.21. The fourth-order valence-electron chi connectivity index (χ4n) is 2.53. The Kier molecular flexibility index (Phi) is 3.99. The average molecular weight is 347 g/mol. The number of rotatable bonds is 4. The first-order chi connectivity index (χ1) is 10.9. The van der Waals surface area contributed by atoms with Gasteiger partial charge in [-0.3, -0.25) is 9.82 Å². The average Bonchev–Trinajstić information content (AvgIpc) is 3.13. The number of sulfonamides is 1. The highest BCUT2D eigenvalue weighted by Gasteiger charge is 2.19. The van der Waals surface area contributed by atoms with Crippen LogP contribution in [-0.2, 0) is 10.0 Å². The van der Waals surface area contributed by atoms with Gasteiger partial charge in [-0.1, -0.05) is 17.7 Å². The molecule has 0 radical (unpaired) electrons. The molecule has 5 nitrogen and oxygen atoms in total. The maximum absolute atomic E-state index is 12.6. The summed E-state index contributed by atoms with van der Waals surface area (Å²) in [6, 6.07) is 9.14. The fourth-order valence-corrected chi connectivity index (χ4v) is 5.01. The number of H-pyrrole nitrogens is 1. The predicted molar refractivity (Wildman–Crippen MR) is 93.4 cm³/mol. The van der Waals surface area contributed by atoms with Crippen LogP contribution in [0.15, 0.2) is 40.7 Å². The number of hydrogen-bond acceptors (Lipinski definition) is 4. The lowest BCUT2D eigenvalue weighted by Gasteiger charge is -2.13. The molecule has 0 amide bonds. The minimum absolute atomic E-state index is 0.279. The molecule has 23 heavy (non-hydrogen) atoms. The smallest absolute Gasteiger partial charge is 0.271 e. The first-order valence-electron chi connectivity index (χ1n) is 7.07. The Labute approximate surface area is 139 Å². The molecular formula is C16H17N3O2S2. The highest BCUT2D eigenvalue weighted by atomic mass is 32.2. The summed E-state index contributed by atoms with van der Waals surface area (Å²) in [5.41, 5.74) is 4.39. The van der Waals surface area contributed by atoms with E-state index in [9.17, 15) is 8.42 Å². The molecule has 0 aliphatic carbocycles. The van der Waals surface area contributed by atoms with Gasteiger partial charge in [-0.2, -0.15) is 5.10 Å². The molecule has 2 heterocycles. The lowest BCUT2D eigenvalue weighted by molar-refractivity contribution is 0.603. The lowest BCUT2D eigenvalue weighted by Crippen LogP contribution is -2.13. The molecule has 0 aliphatic rings. The molecule has 1 aromatic carbocycles. The molecule has 0 fully saturated rings. The highest BCUT2D eigenvalue weighted by molar-refractivity contribution is 7.94. The van der Waals surface area contributed by atoms with Crippen molar-refractivity contribution in [3.05, 3.63) is 53.2 Å². The lowest BCUT2D eigenvalue weighted by atomic mass is 10.1. The quantitative estimate of drug-likeness (QED) is 0.752. The van der Waals surface area contributed by atoms with Gasteiger partial charge in [0.25, 0.3) is 10.0 Å². The number of thiophene rings is 1. The number of hydrogen-bond donors (Lipinski definition) is 2. The van der Waals surface area contributed by atoms with Crippen LogP contribution in [0.25, 0.3) is 10.6 Å². The monoisotopic (exact) mass is 347 g/mol. The Morgan fingerprint density at radius 2 is 1.78 bits per heavy atom. The van der Waals surface area contributed by atoms with Crippen LogP contribution in [0.2, 0.25) is 0 Å². The highest BCUT2D eigenvalue weighted by Crippen LogP contribution is 2.31. The van der Waals surface area contributed by atoms with Crippen molar-refractivity contribution in [3.8, 4) is 10.6 Å². The summed E-state index contributed by atoms with van der Waals surface area (Å²) < 4.78 is 28.3. The van der Waals surface area contributed by atoms with Crippen molar-refractivity contribution in [2.75, 3.05) is 4.72 Å². The third-order valence-electron chi connectivity index (χ3n) is 3.53. The fraction of sp³-hybridized carbons (Fsp3) is 0.188. The second-order valence-corrected chi connectivity index (χ2v) is 8.46. The summed E-state index contributed by atoms with van der Waals surface area (Å²) in [7, 11) is -3.61. The summed E-state index contributed by atoms with van der Waals surface area (Å²) in [6.45, 7) is 5.80. The number of nitrogens with one attached hydrogen (secondary N) is 2. The number of aromatic nitrogens is 2. The Morgan fingerprint density at radius 3 is 2.39 bits per heavy atom. The van der Waals surface area contributed by atoms with Crippen LogP contribution < -0.4 is 4.72 Å². The second kappa shape index (κ2) is 5.82. The van der Waals surface area contributed by atoms with Crippen molar-refractivity contribution in [1.29, 1.82) is 0 Å². The van der Waals surface area contributed by atoms with Gasteiger partial charge in [0.1, 0.15) is 4.21 Å². The van der Waals surface area contributed by atoms with Gasteiger partial charge in [-0.25, -0.2) is 8.42 Å². The molecule has 7 heteroatoms. The molecule has 0 spiro atoms.